The predicted molar refractivity (Wildman–Crippen MR) is 45.1 cm³/mol. The molecule has 0 aromatic heterocycles. The first-order valence-electron chi connectivity index (χ1n) is 2.73. The molecule has 0 saturated heterocycles. The molecule has 0 amide bonds. The first-order valence-corrected chi connectivity index (χ1v) is 4.96. The van der Waals surface area contributed by atoms with Crippen LogP contribution in [0.5, 0.6) is 0 Å². The molecule has 6 heteroatoms. The molecule has 1 rings (SSSR count). The molecule has 0 aliphatic heterocycles. The molecule has 1 aromatic carbocycles. The van der Waals surface area contributed by atoms with E-state index in [4.69, 9.17) is 4.55 Å². The van der Waals surface area contributed by atoms with Crippen molar-refractivity contribution in [1.82, 2.24) is 0 Å². The average molecular weight is 261 g/mol. The molecule has 0 unspecified atom stereocenters. The molecule has 3 nitrogen and oxygen atoms in total. The standard InChI is InChI=1S/C6H5BrO3S.Na.H/c7-5-1-3-6(4-2-5)11(8,9)10;;/h1-4H,(H,8,9,10);;/q;+1;-1. The van der Waals surface area contributed by atoms with E-state index < -0.39 is 10.1 Å². The van der Waals surface area contributed by atoms with Gasteiger partial charge in [0.15, 0.2) is 0 Å². The van der Waals surface area contributed by atoms with Gasteiger partial charge in [0, 0.05) is 4.47 Å². The van der Waals surface area contributed by atoms with E-state index in [1.165, 1.54) is 12.1 Å². The molecule has 0 aliphatic rings. The molecule has 1 aromatic rings. The molecule has 12 heavy (non-hydrogen) atoms. The van der Waals surface area contributed by atoms with Crippen LogP contribution in [0, 0.1) is 0 Å². The number of hydrogen-bond donors (Lipinski definition) is 1. The Morgan fingerprint density at radius 1 is 1.25 bits per heavy atom. The van der Waals surface area contributed by atoms with Gasteiger partial charge in [-0.05, 0) is 24.3 Å². The Balaban J connectivity index is 0. The van der Waals surface area contributed by atoms with Gasteiger partial charge in [-0.25, -0.2) is 0 Å². The zero-order valence-corrected chi connectivity index (χ0v) is 10.8. The SMILES string of the molecule is O=S(=O)(O)c1ccc(Br)cc1.[H-].[Na+]. The van der Waals surface area contributed by atoms with E-state index in [1.807, 2.05) is 0 Å². The fourth-order valence-electron chi connectivity index (χ4n) is 0.607. The van der Waals surface area contributed by atoms with E-state index >= 15 is 0 Å². The minimum absolute atomic E-state index is 0. The van der Waals surface area contributed by atoms with Crippen molar-refractivity contribution in [3.05, 3.63) is 28.7 Å². The van der Waals surface area contributed by atoms with Crippen LogP contribution in [0.2, 0.25) is 0 Å². The van der Waals surface area contributed by atoms with Crippen molar-refractivity contribution in [2.75, 3.05) is 0 Å². The molecule has 0 heterocycles. The second-order valence-electron chi connectivity index (χ2n) is 1.93. The van der Waals surface area contributed by atoms with Gasteiger partial charge in [0.05, 0.1) is 4.90 Å². The van der Waals surface area contributed by atoms with Gasteiger partial charge in [-0.1, -0.05) is 15.9 Å². The summed E-state index contributed by atoms with van der Waals surface area (Å²) in [4.78, 5) is -0.0966. The van der Waals surface area contributed by atoms with Gasteiger partial charge in [-0.3, -0.25) is 4.55 Å². The van der Waals surface area contributed by atoms with Crippen molar-refractivity contribution in [1.29, 1.82) is 0 Å². The van der Waals surface area contributed by atoms with Crippen LogP contribution < -0.4 is 29.6 Å². The topological polar surface area (TPSA) is 54.4 Å². The molecule has 62 valence electrons. The van der Waals surface area contributed by atoms with E-state index in [0.29, 0.717) is 0 Å². The van der Waals surface area contributed by atoms with Crippen molar-refractivity contribution in [2.45, 2.75) is 4.90 Å². The third-order valence-electron chi connectivity index (χ3n) is 1.11. The quantitative estimate of drug-likeness (QED) is 0.511. The molecule has 0 saturated carbocycles. The van der Waals surface area contributed by atoms with Gasteiger partial charge < -0.3 is 1.43 Å². The van der Waals surface area contributed by atoms with Crippen LogP contribution in [0.1, 0.15) is 1.43 Å². The van der Waals surface area contributed by atoms with E-state index in [-0.39, 0.29) is 35.9 Å². The Labute approximate surface area is 103 Å². The number of hydrogen-bond acceptors (Lipinski definition) is 2. The maximum absolute atomic E-state index is 10.5. The Kier molecular flexibility index (Phi) is 4.98. The van der Waals surface area contributed by atoms with Crippen LogP contribution in [-0.2, 0) is 10.1 Å². The molecule has 0 bridgehead atoms. The number of benzene rings is 1. The molecule has 0 radical (unpaired) electrons. The van der Waals surface area contributed by atoms with Crippen molar-refractivity contribution in [2.24, 2.45) is 0 Å². The third kappa shape index (κ3) is 3.55. The molecular weight excluding hydrogens is 255 g/mol. The van der Waals surface area contributed by atoms with Gasteiger partial charge in [0.1, 0.15) is 0 Å². The summed E-state index contributed by atoms with van der Waals surface area (Å²) < 4.78 is 30.3. The van der Waals surface area contributed by atoms with E-state index in [1.54, 1.807) is 12.1 Å². The van der Waals surface area contributed by atoms with Crippen molar-refractivity contribution >= 4 is 26.0 Å². The summed E-state index contributed by atoms with van der Waals surface area (Å²) in [5, 5.41) is 0. The maximum Gasteiger partial charge on any atom is 1.00 e. The predicted octanol–water partition coefficient (Wildman–Crippen LogP) is -1.19. The average Bonchev–Trinajstić information content (AvgIpc) is 1.86. The van der Waals surface area contributed by atoms with Crippen LogP contribution in [-0.4, -0.2) is 13.0 Å². The summed E-state index contributed by atoms with van der Waals surface area (Å²) in [6.07, 6.45) is 0. The Bertz CT molecular complexity index is 351. The Hall–Kier alpha value is 0.610. The first-order chi connectivity index (χ1) is 5.00. The fourth-order valence-corrected chi connectivity index (χ4v) is 1.35. The summed E-state index contributed by atoms with van der Waals surface area (Å²) in [6.45, 7) is 0. The zero-order chi connectivity index (χ0) is 8.48. The fraction of sp³-hybridized carbons (Fsp3) is 0. The van der Waals surface area contributed by atoms with Gasteiger partial charge in [0.2, 0.25) is 0 Å². The molecule has 0 atom stereocenters. The maximum atomic E-state index is 10.5. The van der Waals surface area contributed by atoms with Crippen molar-refractivity contribution in [3.63, 3.8) is 0 Å². The van der Waals surface area contributed by atoms with Gasteiger partial charge in [-0.15, -0.1) is 0 Å². The minimum Gasteiger partial charge on any atom is -1.00 e. The van der Waals surface area contributed by atoms with Crippen LogP contribution >= 0.6 is 15.9 Å². The largest absolute Gasteiger partial charge is 1.00 e. The number of halogens is 1. The van der Waals surface area contributed by atoms with Gasteiger partial charge in [-0.2, -0.15) is 8.42 Å². The van der Waals surface area contributed by atoms with Gasteiger partial charge >= 0.3 is 29.6 Å². The van der Waals surface area contributed by atoms with E-state index in [2.05, 4.69) is 15.9 Å². The Morgan fingerprint density at radius 3 is 2.00 bits per heavy atom. The third-order valence-corrected chi connectivity index (χ3v) is 2.51. The van der Waals surface area contributed by atoms with Gasteiger partial charge in [0.25, 0.3) is 10.1 Å². The molecule has 1 N–H and O–H groups in total. The molecule has 0 fully saturated rings. The second-order valence-corrected chi connectivity index (χ2v) is 4.27. The number of rotatable bonds is 1. The summed E-state index contributed by atoms with van der Waals surface area (Å²) >= 11 is 3.14. The molecule has 0 aliphatic carbocycles. The second kappa shape index (κ2) is 4.74. The minimum atomic E-state index is -4.04. The van der Waals surface area contributed by atoms with Crippen LogP contribution in [0.25, 0.3) is 0 Å². The van der Waals surface area contributed by atoms with Crippen LogP contribution in [0.15, 0.2) is 33.6 Å². The monoisotopic (exact) mass is 260 g/mol. The first kappa shape index (κ1) is 12.6. The zero-order valence-electron chi connectivity index (χ0n) is 7.36. The Morgan fingerprint density at radius 2 is 1.67 bits per heavy atom. The van der Waals surface area contributed by atoms with Crippen LogP contribution in [0.4, 0.5) is 0 Å². The normalized spacial score (nSPS) is 10.5. The van der Waals surface area contributed by atoms with Crippen molar-refractivity contribution in [3.8, 4) is 0 Å². The summed E-state index contributed by atoms with van der Waals surface area (Å²) in [6, 6.07) is 5.73. The van der Waals surface area contributed by atoms with Crippen molar-refractivity contribution < 1.29 is 44.0 Å². The van der Waals surface area contributed by atoms with E-state index in [0.717, 1.165) is 4.47 Å². The molecular formula is C6H6BrNaO3S. The van der Waals surface area contributed by atoms with Crippen LogP contribution in [0.3, 0.4) is 0 Å². The summed E-state index contributed by atoms with van der Waals surface area (Å²) in [5.41, 5.74) is 0. The smallest absolute Gasteiger partial charge is 1.00 e. The summed E-state index contributed by atoms with van der Waals surface area (Å²) in [7, 11) is -4.04. The van der Waals surface area contributed by atoms with E-state index in [9.17, 15) is 8.42 Å². The molecule has 0 spiro atoms. The summed E-state index contributed by atoms with van der Waals surface area (Å²) in [5.74, 6) is 0.